The summed E-state index contributed by atoms with van der Waals surface area (Å²) in [6.07, 6.45) is 4.54. The van der Waals surface area contributed by atoms with Gasteiger partial charge in [0.05, 0.1) is 0 Å². The van der Waals surface area contributed by atoms with Crippen LogP contribution in [0.2, 0.25) is 5.02 Å². The van der Waals surface area contributed by atoms with Crippen LogP contribution in [0.1, 0.15) is 16.7 Å². The number of pyridine rings is 1. The van der Waals surface area contributed by atoms with Gasteiger partial charge in [-0.15, -0.1) is 0 Å². The maximum Gasteiger partial charge on any atom is 0.0453 e. The highest BCUT2D eigenvalue weighted by molar-refractivity contribution is 6.31. The summed E-state index contributed by atoms with van der Waals surface area (Å²) in [6.45, 7) is 0.798. The molecule has 3 heteroatoms. The quantitative estimate of drug-likeness (QED) is 0.897. The van der Waals surface area contributed by atoms with Gasteiger partial charge in [0.2, 0.25) is 0 Å². The van der Waals surface area contributed by atoms with E-state index < -0.39 is 0 Å². The first-order valence-corrected chi connectivity index (χ1v) is 5.98. The van der Waals surface area contributed by atoms with Crippen molar-refractivity contribution in [2.75, 3.05) is 7.05 Å². The number of aromatic nitrogens is 1. The van der Waals surface area contributed by atoms with Crippen LogP contribution in [0, 0.1) is 0 Å². The molecule has 0 unspecified atom stereocenters. The van der Waals surface area contributed by atoms with Gasteiger partial charge in [0.1, 0.15) is 0 Å². The molecule has 0 spiro atoms. The Kier molecular flexibility index (Phi) is 4.13. The Hall–Kier alpha value is -1.38. The predicted molar refractivity (Wildman–Crippen MR) is 71.3 cm³/mol. The summed E-state index contributed by atoms with van der Waals surface area (Å²) in [7, 11) is 1.92. The van der Waals surface area contributed by atoms with E-state index in [0.717, 1.165) is 23.6 Å². The van der Waals surface area contributed by atoms with Gasteiger partial charge in [-0.3, -0.25) is 4.98 Å². The monoisotopic (exact) mass is 246 g/mol. The molecule has 0 aliphatic heterocycles. The van der Waals surface area contributed by atoms with Crippen LogP contribution in [0.5, 0.6) is 0 Å². The van der Waals surface area contributed by atoms with Gasteiger partial charge in [0, 0.05) is 24.0 Å². The highest BCUT2D eigenvalue weighted by Gasteiger charge is 2.02. The molecule has 1 aromatic carbocycles. The zero-order valence-electron chi connectivity index (χ0n) is 9.78. The molecular weight excluding hydrogens is 232 g/mol. The normalized spacial score (nSPS) is 10.5. The molecule has 2 aromatic rings. The van der Waals surface area contributed by atoms with Crippen LogP contribution in [-0.2, 0) is 13.0 Å². The molecule has 0 bridgehead atoms. The van der Waals surface area contributed by atoms with E-state index in [4.69, 9.17) is 11.6 Å². The van der Waals surface area contributed by atoms with Crippen LogP contribution in [0.4, 0.5) is 0 Å². The lowest BCUT2D eigenvalue weighted by Crippen LogP contribution is -2.05. The maximum atomic E-state index is 6.22. The number of benzene rings is 1. The third-order valence-electron chi connectivity index (χ3n) is 2.62. The molecule has 1 N–H and O–H groups in total. The van der Waals surface area contributed by atoms with Crippen LogP contribution in [0.25, 0.3) is 0 Å². The Morgan fingerprint density at radius 1 is 1.24 bits per heavy atom. The number of nitrogens with one attached hydrogen (secondary N) is 1. The highest BCUT2D eigenvalue weighted by atomic mass is 35.5. The third-order valence-corrected chi connectivity index (χ3v) is 2.97. The molecule has 1 heterocycles. The number of halogens is 1. The first kappa shape index (κ1) is 12.1. The summed E-state index contributed by atoms with van der Waals surface area (Å²) in [4.78, 5) is 4.11. The Morgan fingerprint density at radius 3 is 2.76 bits per heavy atom. The largest absolute Gasteiger partial charge is 0.316 e. The maximum absolute atomic E-state index is 6.22. The zero-order valence-corrected chi connectivity index (χ0v) is 10.5. The van der Waals surface area contributed by atoms with E-state index in [2.05, 4.69) is 28.5 Å². The van der Waals surface area contributed by atoms with E-state index in [1.807, 2.05) is 25.4 Å². The number of nitrogens with zero attached hydrogens (tertiary/aromatic N) is 1. The second-order valence-electron chi connectivity index (χ2n) is 3.99. The van der Waals surface area contributed by atoms with Crippen LogP contribution >= 0.6 is 11.6 Å². The first-order chi connectivity index (χ1) is 8.29. The zero-order chi connectivity index (χ0) is 12.1. The summed E-state index contributed by atoms with van der Waals surface area (Å²) in [6, 6.07) is 10.2. The molecule has 1 aromatic heterocycles. The van der Waals surface area contributed by atoms with Gasteiger partial charge >= 0.3 is 0 Å². The van der Waals surface area contributed by atoms with Crippen LogP contribution < -0.4 is 5.32 Å². The fraction of sp³-hybridized carbons (Fsp3) is 0.214. The predicted octanol–water partition coefficient (Wildman–Crippen LogP) is 3.05. The molecule has 0 aliphatic carbocycles. The van der Waals surface area contributed by atoms with Gasteiger partial charge < -0.3 is 5.32 Å². The fourth-order valence-corrected chi connectivity index (χ4v) is 2.04. The average molecular weight is 247 g/mol. The lowest BCUT2D eigenvalue weighted by molar-refractivity contribution is 0.817. The van der Waals surface area contributed by atoms with E-state index in [1.54, 1.807) is 6.20 Å². The van der Waals surface area contributed by atoms with Crippen molar-refractivity contribution in [3.8, 4) is 0 Å². The Balaban J connectivity index is 2.15. The van der Waals surface area contributed by atoms with Gasteiger partial charge in [-0.2, -0.15) is 0 Å². The van der Waals surface area contributed by atoms with Crippen molar-refractivity contribution in [3.63, 3.8) is 0 Å². The van der Waals surface area contributed by atoms with E-state index >= 15 is 0 Å². The molecule has 88 valence electrons. The molecule has 0 atom stereocenters. The van der Waals surface area contributed by atoms with Crippen LogP contribution in [0.3, 0.4) is 0 Å². The smallest absolute Gasteiger partial charge is 0.0453 e. The molecule has 2 nitrogen and oxygen atoms in total. The lowest BCUT2D eigenvalue weighted by Gasteiger charge is -2.06. The second-order valence-corrected chi connectivity index (χ2v) is 4.40. The van der Waals surface area contributed by atoms with Crippen molar-refractivity contribution in [2.24, 2.45) is 0 Å². The van der Waals surface area contributed by atoms with Crippen molar-refractivity contribution in [1.29, 1.82) is 0 Å². The van der Waals surface area contributed by atoms with Gasteiger partial charge in [-0.05, 0) is 42.3 Å². The van der Waals surface area contributed by atoms with E-state index in [1.165, 1.54) is 11.1 Å². The lowest BCUT2D eigenvalue weighted by atomic mass is 10.0. The summed E-state index contributed by atoms with van der Waals surface area (Å²) < 4.78 is 0. The molecule has 17 heavy (non-hydrogen) atoms. The molecular formula is C14H15ClN2. The SMILES string of the molecule is CNCc1ccc(Cc2cccnc2)cc1Cl. The third kappa shape index (κ3) is 3.29. The summed E-state index contributed by atoms with van der Waals surface area (Å²) in [5.41, 5.74) is 3.54. The Bertz CT molecular complexity index is 483. The van der Waals surface area contributed by atoms with Crippen molar-refractivity contribution in [2.45, 2.75) is 13.0 Å². The van der Waals surface area contributed by atoms with E-state index in [9.17, 15) is 0 Å². The number of rotatable bonds is 4. The van der Waals surface area contributed by atoms with E-state index in [-0.39, 0.29) is 0 Å². The average Bonchev–Trinajstić information content (AvgIpc) is 2.34. The molecule has 2 rings (SSSR count). The summed E-state index contributed by atoms with van der Waals surface area (Å²) in [5.74, 6) is 0. The first-order valence-electron chi connectivity index (χ1n) is 5.60. The minimum Gasteiger partial charge on any atom is -0.316 e. The van der Waals surface area contributed by atoms with E-state index in [0.29, 0.717) is 0 Å². The van der Waals surface area contributed by atoms with Crippen LogP contribution in [0.15, 0.2) is 42.7 Å². The minimum atomic E-state index is 0.798. The number of hydrogen-bond donors (Lipinski definition) is 1. The second kappa shape index (κ2) is 5.80. The van der Waals surface area contributed by atoms with Gasteiger partial charge in [0.25, 0.3) is 0 Å². The Labute approximate surface area is 107 Å². The summed E-state index contributed by atoms with van der Waals surface area (Å²) >= 11 is 6.22. The highest BCUT2D eigenvalue weighted by Crippen LogP contribution is 2.19. The summed E-state index contributed by atoms with van der Waals surface area (Å²) in [5, 5.41) is 3.92. The van der Waals surface area contributed by atoms with Crippen LogP contribution in [-0.4, -0.2) is 12.0 Å². The molecule has 0 saturated carbocycles. The fourth-order valence-electron chi connectivity index (χ4n) is 1.77. The van der Waals surface area contributed by atoms with Crippen molar-refractivity contribution >= 4 is 11.6 Å². The molecule has 0 amide bonds. The molecule has 0 saturated heterocycles. The van der Waals surface area contributed by atoms with Gasteiger partial charge in [0.15, 0.2) is 0 Å². The molecule has 0 aliphatic rings. The molecule has 0 radical (unpaired) electrons. The van der Waals surface area contributed by atoms with Crippen molar-refractivity contribution in [1.82, 2.24) is 10.3 Å². The van der Waals surface area contributed by atoms with Gasteiger partial charge in [-0.25, -0.2) is 0 Å². The Morgan fingerprint density at radius 2 is 2.12 bits per heavy atom. The van der Waals surface area contributed by atoms with Crippen molar-refractivity contribution < 1.29 is 0 Å². The van der Waals surface area contributed by atoms with Gasteiger partial charge in [-0.1, -0.05) is 29.8 Å². The standard InChI is InChI=1S/C14H15ClN2/c1-16-10-13-5-4-11(8-14(13)15)7-12-3-2-6-17-9-12/h2-6,8-9,16H,7,10H2,1H3. The molecule has 0 fully saturated rings. The minimum absolute atomic E-state index is 0.798. The van der Waals surface area contributed by atoms with Crippen molar-refractivity contribution in [3.05, 3.63) is 64.4 Å². The number of hydrogen-bond acceptors (Lipinski definition) is 2. The topological polar surface area (TPSA) is 24.9 Å².